The highest BCUT2D eigenvalue weighted by molar-refractivity contribution is 5.12. The van der Waals surface area contributed by atoms with Crippen molar-refractivity contribution in [3.63, 3.8) is 0 Å². The van der Waals surface area contributed by atoms with E-state index in [0.717, 1.165) is 12.5 Å². The van der Waals surface area contributed by atoms with Gasteiger partial charge in [0, 0.05) is 5.56 Å². The Morgan fingerprint density at radius 2 is 1.07 bits per heavy atom. The molecular weight excluding hydrogens is 350 g/mol. The van der Waals surface area contributed by atoms with Crippen LogP contribution in [0.2, 0.25) is 0 Å². The Balaban J connectivity index is 0.00000676. The predicted octanol–water partition coefficient (Wildman–Crippen LogP) is 3.87. The van der Waals surface area contributed by atoms with Crippen LogP contribution in [-0.2, 0) is 6.54 Å². The summed E-state index contributed by atoms with van der Waals surface area (Å²) in [4.78, 5) is 0. The fourth-order valence-corrected chi connectivity index (χ4v) is 3.67. The average molecular weight is 396 g/mol. The van der Waals surface area contributed by atoms with Crippen molar-refractivity contribution in [3.8, 4) is 0 Å². The Morgan fingerprint density at radius 1 is 0.630 bits per heavy atom. The first kappa shape index (κ1) is 26.5. The van der Waals surface area contributed by atoms with E-state index >= 15 is 0 Å². The summed E-state index contributed by atoms with van der Waals surface area (Å²) in [5.41, 5.74) is 1.45. The standard InChI is InChI=1S/C25H45N.ClH/c1-24(2)19-15-12-10-8-6-4-3-5-7-9-11-13-18-22-26-23-25-20-16-14-17-21-25;/h14,16-17,20-21,24,26H,3-13,15,18-19,22-23H2,1-2H3;1H. The van der Waals surface area contributed by atoms with Crippen LogP contribution in [0.3, 0.4) is 0 Å². The van der Waals surface area contributed by atoms with Crippen molar-refractivity contribution in [2.24, 2.45) is 5.92 Å². The Hall–Kier alpha value is -0.530. The molecule has 0 aliphatic carbocycles. The molecule has 0 bridgehead atoms. The number of unbranched alkanes of at least 4 members (excludes halogenated alkanes) is 12. The van der Waals surface area contributed by atoms with Gasteiger partial charge in [-0.05, 0) is 18.8 Å². The molecule has 0 unspecified atom stereocenters. The number of quaternary nitrogens is 1. The molecule has 1 nitrogen and oxygen atoms in total. The second-order valence-corrected chi connectivity index (χ2v) is 8.55. The van der Waals surface area contributed by atoms with Crippen molar-refractivity contribution < 1.29 is 17.7 Å². The largest absolute Gasteiger partial charge is 1.00 e. The summed E-state index contributed by atoms with van der Waals surface area (Å²) in [6.07, 6.45) is 20.3. The molecule has 0 atom stereocenters. The molecule has 0 fully saturated rings. The summed E-state index contributed by atoms with van der Waals surface area (Å²) >= 11 is 0. The van der Waals surface area contributed by atoms with Crippen molar-refractivity contribution in [1.29, 1.82) is 0 Å². The first-order valence-electron chi connectivity index (χ1n) is 11.6. The van der Waals surface area contributed by atoms with Crippen LogP contribution in [0.5, 0.6) is 0 Å². The molecule has 0 aliphatic heterocycles. The second kappa shape index (κ2) is 20.2. The molecule has 0 saturated heterocycles. The van der Waals surface area contributed by atoms with Gasteiger partial charge in [-0.3, -0.25) is 0 Å². The SMILES string of the molecule is CC(C)CCCCCCCCCCCCCCC[NH2+]Cc1ccccc1.[Cl-]. The number of hydrogen-bond donors (Lipinski definition) is 1. The molecule has 158 valence electrons. The Kier molecular flexibility index (Phi) is 19.8. The lowest BCUT2D eigenvalue weighted by Gasteiger charge is -2.05. The summed E-state index contributed by atoms with van der Waals surface area (Å²) < 4.78 is 0. The number of benzene rings is 1. The van der Waals surface area contributed by atoms with Crippen molar-refractivity contribution in [3.05, 3.63) is 35.9 Å². The lowest BCUT2D eigenvalue weighted by atomic mass is 10.0. The van der Waals surface area contributed by atoms with Gasteiger partial charge in [-0.15, -0.1) is 0 Å². The lowest BCUT2D eigenvalue weighted by molar-refractivity contribution is -0.671. The summed E-state index contributed by atoms with van der Waals surface area (Å²) in [5, 5.41) is 2.46. The van der Waals surface area contributed by atoms with Gasteiger partial charge in [0.2, 0.25) is 0 Å². The van der Waals surface area contributed by atoms with E-state index < -0.39 is 0 Å². The van der Waals surface area contributed by atoms with Crippen molar-refractivity contribution in [2.45, 2.75) is 110 Å². The predicted molar refractivity (Wildman–Crippen MR) is 116 cm³/mol. The topological polar surface area (TPSA) is 16.6 Å². The Bertz CT molecular complexity index is 391. The van der Waals surface area contributed by atoms with Crippen LogP contribution in [0, 0.1) is 5.92 Å². The zero-order valence-corrected chi connectivity index (χ0v) is 19.0. The van der Waals surface area contributed by atoms with E-state index in [4.69, 9.17) is 0 Å². The van der Waals surface area contributed by atoms with Crippen LogP contribution in [0.4, 0.5) is 0 Å². The zero-order chi connectivity index (χ0) is 18.7. The normalized spacial score (nSPS) is 10.9. The summed E-state index contributed by atoms with van der Waals surface area (Å²) in [5.74, 6) is 0.891. The van der Waals surface area contributed by atoms with Crippen LogP contribution >= 0.6 is 0 Å². The molecule has 1 aromatic rings. The van der Waals surface area contributed by atoms with Crippen LogP contribution in [0.25, 0.3) is 0 Å². The molecule has 27 heavy (non-hydrogen) atoms. The van der Waals surface area contributed by atoms with Gasteiger partial charge < -0.3 is 17.7 Å². The number of hydrogen-bond acceptors (Lipinski definition) is 0. The summed E-state index contributed by atoms with van der Waals surface area (Å²) in [7, 11) is 0. The molecule has 1 rings (SSSR count). The van der Waals surface area contributed by atoms with Crippen molar-refractivity contribution in [1.82, 2.24) is 0 Å². The molecule has 1 aromatic carbocycles. The minimum Gasteiger partial charge on any atom is -1.00 e. The number of nitrogens with two attached hydrogens (primary N) is 1. The Morgan fingerprint density at radius 3 is 1.56 bits per heavy atom. The molecule has 0 spiro atoms. The number of halogens is 1. The minimum absolute atomic E-state index is 0. The van der Waals surface area contributed by atoms with E-state index in [1.54, 1.807) is 0 Å². The molecule has 0 amide bonds. The first-order valence-corrected chi connectivity index (χ1v) is 11.6. The van der Waals surface area contributed by atoms with E-state index in [2.05, 4.69) is 49.5 Å². The highest BCUT2D eigenvalue weighted by atomic mass is 35.5. The molecule has 2 heteroatoms. The van der Waals surface area contributed by atoms with E-state index in [1.807, 2.05) is 0 Å². The fourth-order valence-electron chi connectivity index (χ4n) is 3.67. The third-order valence-corrected chi connectivity index (χ3v) is 5.41. The monoisotopic (exact) mass is 395 g/mol. The third kappa shape index (κ3) is 18.6. The lowest BCUT2D eigenvalue weighted by Crippen LogP contribution is -3.00. The van der Waals surface area contributed by atoms with Crippen LogP contribution < -0.4 is 17.7 Å². The van der Waals surface area contributed by atoms with Gasteiger partial charge in [0.15, 0.2) is 0 Å². The molecular formula is C25H46ClN. The Labute approximate surface area is 176 Å². The van der Waals surface area contributed by atoms with Gasteiger partial charge in [0.05, 0.1) is 6.54 Å². The third-order valence-electron chi connectivity index (χ3n) is 5.41. The van der Waals surface area contributed by atoms with Crippen LogP contribution in [-0.4, -0.2) is 6.54 Å². The van der Waals surface area contributed by atoms with Crippen molar-refractivity contribution in [2.75, 3.05) is 6.54 Å². The van der Waals surface area contributed by atoms with Gasteiger partial charge >= 0.3 is 0 Å². The maximum absolute atomic E-state index is 2.46. The molecule has 0 aromatic heterocycles. The fraction of sp³-hybridized carbons (Fsp3) is 0.760. The van der Waals surface area contributed by atoms with Crippen LogP contribution in [0.15, 0.2) is 30.3 Å². The number of rotatable bonds is 18. The highest BCUT2D eigenvalue weighted by Crippen LogP contribution is 2.14. The summed E-state index contributed by atoms with van der Waals surface area (Å²) in [6.45, 7) is 7.10. The van der Waals surface area contributed by atoms with Crippen LogP contribution in [0.1, 0.15) is 109 Å². The maximum Gasteiger partial charge on any atom is 0.101 e. The first-order chi connectivity index (χ1) is 12.8. The quantitative estimate of drug-likeness (QED) is 0.363. The van der Waals surface area contributed by atoms with Gasteiger partial charge in [0.25, 0.3) is 0 Å². The van der Waals surface area contributed by atoms with E-state index in [9.17, 15) is 0 Å². The molecule has 0 saturated carbocycles. The van der Waals surface area contributed by atoms with E-state index in [-0.39, 0.29) is 12.4 Å². The zero-order valence-electron chi connectivity index (χ0n) is 18.2. The molecule has 0 aliphatic rings. The van der Waals surface area contributed by atoms with Gasteiger partial charge in [-0.2, -0.15) is 0 Å². The average Bonchev–Trinajstić information content (AvgIpc) is 2.65. The highest BCUT2D eigenvalue weighted by Gasteiger charge is 1.97. The summed E-state index contributed by atoms with van der Waals surface area (Å²) in [6, 6.07) is 10.8. The molecule has 2 N–H and O–H groups in total. The minimum atomic E-state index is 0. The van der Waals surface area contributed by atoms with Gasteiger partial charge in [0.1, 0.15) is 6.54 Å². The van der Waals surface area contributed by atoms with Gasteiger partial charge in [-0.25, -0.2) is 0 Å². The van der Waals surface area contributed by atoms with Gasteiger partial charge in [-0.1, -0.05) is 121 Å². The second-order valence-electron chi connectivity index (χ2n) is 8.55. The van der Waals surface area contributed by atoms with E-state index in [0.29, 0.717) is 0 Å². The molecule has 0 radical (unpaired) electrons. The van der Waals surface area contributed by atoms with Crippen molar-refractivity contribution >= 4 is 0 Å². The smallest absolute Gasteiger partial charge is 0.101 e. The maximum atomic E-state index is 2.46. The molecule has 0 heterocycles. The van der Waals surface area contributed by atoms with E-state index in [1.165, 1.54) is 102 Å².